The second-order valence-corrected chi connectivity index (χ2v) is 9.72. The van der Waals surface area contributed by atoms with Crippen molar-refractivity contribution in [3.63, 3.8) is 0 Å². The lowest BCUT2D eigenvalue weighted by Crippen LogP contribution is -2.67. The minimum absolute atomic E-state index is 0.0359. The molecule has 8 nitrogen and oxygen atoms in total. The van der Waals surface area contributed by atoms with E-state index < -0.39 is 23.2 Å². The van der Waals surface area contributed by atoms with Crippen molar-refractivity contribution in [3.05, 3.63) is 59.7 Å². The molecule has 8 heteroatoms. The average molecular weight is 479 g/mol. The van der Waals surface area contributed by atoms with Crippen LogP contribution in [0.25, 0.3) is 11.1 Å². The van der Waals surface area contributed by atoms with Crippen LogP contribution in [-0.2, 0) is 19.1 Å². The summed E-state index contributed by atoms with van der Waals surface area (Å²) >= 11 is 0. The van der Waals surface area contributed by atoms with Gasteiger partial charge in [-0.2, -0.15) is 0 Å². The third-order valence-electron chi connectivity index (χ3n) is 7.82. The molecule has 1 unspecified atom stereocenters. The van der Waals surface area contributed by atoms with Gasteiger partial charge in [0, 0.05) is 19.6 Å². The lowest BCUT2D eigenvalue weighted by atomic mass is 9.75. The van der Waals surface area contributed by atoms with Gasteiger partial charge in [-0.1, -0.05) is 48.5 Å². The first-order chi connectivity index (χ1) is 16.9. The lowest BCUT2D eigenvalue weighted by Gasteiger charge is -2.47. The molecule has 1 atom stereocenters. The van der Waals surface area contributed by atoms with Gasteiger partial charge in [0.2, 0.25) is 5.91 Å². The highest BCUT2D eigenvalue weighted by Crippen LogP contribution is 2.44. The number of hydrogen-bond acceptors (Lipinski definition) is 5. The fraction of sp³-hybridized carbons (Fsp3) is 0.444. The maximum Gasteiger partial charge on any atom is 0.408 e. The topological polar surface area (TPSA) is 105 Å². The summed E-state index contributed by atoms with van der Waals surface area (Å²) in [6.07, 6.45) is 2.03. The van der Waals surface area contributed by atoms with E-state index in [1.807, 2.05) is 24.3 Å². The van der Waals surface area contributed by atoms with Gasteiger partial charge in [0.1, 0.15) is 12.1 Å². The van der Waals surface area contributed by atoms with E-state index in [2.05, 4.69) is 29.6 Å². The molecule has 0 spiro atoms. The summed E-state index contributed by atoms with van der Waals surface area (Å²) in [7, 11) is 1.36. The second-order valence-electron chi connectivity index (χ2n) is 9.72. The predicted molar refractivity (Wildman–Crippen MR) is 128 cm³/mol. The van der Waals surface area contributed by atoms with E-state index in [1.165, 1.54) is 12.0 Å². The quantitative estimate of drug-likeness (QED) is 0.658. The molecular weight excluding hydrogens is 448 g/mol. The van der Waals surface area contributed by atoms with Crippen molar-refractivity contribution < 1.29 is 29.0 Å². The van der Waals surface area contributed by atoms with Crippen molar-refractivity contribution in [2.75, 3.05) is 26.8 Å². The number of hydrogen-bond donors (Lipinski definition) is 2. The van der Waals surface area contributed by atoms with Crippen LogP contribution in [0.3, 0.4) is 0 Å². The monoisotopic (exact) mass is 478 g/mol. The molecule has 184 valence electrons. The van der Waals surface area contributed by atoms with Crippen molar-refractivity contribution >= 4 is 18.0 Å². The molecule has 2 aromatic rings. The van der Waals surface area contributed by atoms with Crippen molar-refractivity contribution in [2.45, 2.75) is 49.2 Å². The SMILES string of the molecule is COC1(C(=O)O)CCCN(C(=O)C2(NC(=O)OCC3c4ccccc4-c4ccccc43)CCC2)C1. The van der Waals surface area contributed by atoms with Gasteiger partial charge < -0.3 is 24.8 Å². The predicted octanol–water partition coefficient (Wildman–Crippen LogP) is 3.54. The Hall–Kier alpha value is -3.39. The Morgan fingerprint density at radius 1 is 1.00 bits per heavy atom. The number of nitrogens with one attached hydrogen (secondary N) is 1. The number of alkyl carbamates (subject to hydrolysis) is 1. The number of methoxy groups -OCH3 is 1. The highest BCUT2D eigenvalue weighted by atomic mass is 16.5. The molecule has 35 heavy (non-hydrogen) atoms. The first-order valence-corrected chi connectivity index (χ1v) is 12.1. The van der Waals surface area contributed by atoms with Crippen molar-refractivity contribution in [2.24, 2.45) is 0 Å². The maximum absolute atomic E-state index is 13.5. The fourth-order valence-corrected chi connectivity index (χ4v) is 5.68. The van der Waals surface area contributed by atoms with Gasteiger partial charge >= 0.3 is 12.1 Å². The number of likely N-dealkylation sites (tertiary alicyclic amines) is 1. The highest BCUT2D eigenvalue weighted by molar-refractivity contribution is 5.92. The molecular formula is C27H30N2O6. The Bertz CT molecular complexity index is 1110. The number of fused-ring (bicyclic) bond motifs is 3. The number of piperidine rings is 1. The zero-order valence-corrected chi connectivity index (χ0v) is 19.8. The smallest absolute Gasteiger partial charge is 0.408 e. The van der Waals surface area contributed by atoms with E-state index in [0.29, 0.717) is 32.2 Å². The molecule has 1 heterocycles. The molecule has 0 bridgehead atoms. The van der Waals surface area contributed by atoms with Crippen LogP contribution in [0.5, 0.6) is 0 Å². The molecule has 2 aromatic carbocycles. The Morgan fingerprint density at radius 2 is 1.63 bits per heavy atom. The van der Waals surface area contributed by atoms with Gasteiger partial charge in [0.05, 0.1) is 6.54 Å². The summed E-state index contributed by atoms with van der Waals surface area (Å²) in [5, 5.41) is 12.5. The number of carbonyl (C=O) groups is 3. The minimum Gasteiger partial charge on any atom is -0.479 e. The molecule has 2 fully saturated rings. The van der Waals surface area contributed by atoms with Gasteiger partial charge in [-0.05, 0) is 54.4 Å². The summed E-state index contributed by atoms with van der Waals surface area (Å²) in [4.78, 5) is 39.7. The van der Waals surface area contributed by atoms with Crippen molar-refractivity contribution in [1.29, 1.82) is 0 Å². The molecule has 2 aliphatic carbocycles. The highest BCUT2D eigenvalue weighted by Gasteiger charge is 2.52. The molecule has 2 amide bonds. The van der Waals surface area contributed by atoms with Crippen LogP contribution in [0.2, 0.25) is 0 Å². The summed E-state index contributed by atoms with van der Waals surface area (Å²) in [5.41, 5.74) is 2.06. The number of nitrogens with zero attached hydrogens (tertiary/aromatic N) is 1. The summed E-state index contributed by atoms with van der Waals surface area (Å²) in [6, 6.07) is 16.2. The number of amides is 2. The van der Waals surface area contributed by atoms with Crippen LogP contribution < -0.4 is 5.32 Å². The third-order valence-corrected chi connectivity index (χ3v) is 7.82. The molecule has 3 aliphatic rings. The van der Waals surface area contributed by atoms with Gasteiger partial charge in [-0.15, -0.1) is 0 Å². The molecule has 1 saturated carbocycles. The fourth-order valence-electron chi connectivity index (χ4n) is 5.68. The summed E-state index contributed by atoms with van der Waals surface area (Å²) in [6.45, 7) is 0.566. The number of rotatable bonds is 6. The number of carboxylic acids is 1. The van der Waals surface area contributed by atoms with Crippen molar-refractivity contribution in [1.82, 2.24) is 10.2 Å². The van der Waals surface area contributed by atoms with Crippen molar-refractivity contribution in [3.8, 4) is 11.1 Å². The van der Waals surface area contributed by atoms with Gasteiger partial charge in [0.15, 0.2) is 5.60 Å². The maximum atomic E-state index is 13.5. The molecule has 0 aromatic heterocycles. The minimum atomic E-state index is -1.41. The van der Waals surface area contributed by atoms with Crippen LogP contribution in [-0.4, -0.2) is 65.9 Å². The number of aliphatic carboxylic acids is 1. The van der Waals surface area contributed by atoms with Crippen LogP contribution in [0, 0.1) is 0 Å². The summed E-state index contributed by atoms with van der Waals surface area (Å²) in [5.74, 6) is -1.41. The zero-order valence-electron chi connectivity index (χ0n) is 19.8. The van der Waals surface area contributed by atoms with E-state index in [1.54, 1.807) is 0 Å². The molecule has 1 aliphatic heterocycles. The lowest BCUT2D eigenvalue weighted by molar-refractivity contribution is -0.173. The zero-order chi connectivity index (χ0) is 24.6. The second kappa shape index (κ2) is 9.00. The normalized spacial score (nSPS) is 22.5. The van der Waals surface area contributed by atoms with E-state index in [9.17, 15) is 19.5 Å². The first kappa shape index (κ1) is 23.4. The van der Waals surface area contributed by atoms with Crippen LogP contribution >= 0.6 is 0 Å². The summed E-state index contributed by atoms with van der Waals surface area (Å²) < 4.78 is 11.0. The number of ether oxygens (including phenoxy) is 2. The van der Waals surface area contributed by atoms with E-state index >= 15 is 0 Å². The first-order valence-electron chi connectivity index (χ1n) is 12.1. The van der Waals surface area contributed by atoms with Crippen LogP contribution in [0.1, 0.15) is 49.1 Å². The molecule has 2 N–H and O–H groups in total. The Kier molecular flexibility index (Phi) is 6.01. The number of carboxylic acid groups (broad SMARTS) is 1. The standard InChI is InChI=1S/C27H30N2O6/c1-34-27(24(31)32)14-7-15-29(17-27)23(30)26(12-6-13-26)28-25(33)35-16-22-20-10-4-2-8-18(20)19-9-3-5-11-21(19)22/h2-5,8-11,22H,6-7,12-17H2,1H3,(H,28,33)(H,31,32). The largest absolute Gasteiger partial charge is 0.479 e. The number of benzene rings is 2. The third kappa shape index (κ3) is 3.95. The Morgan fingerprint density at radius 3 is 2.17 bits per heavy atom. The van der Waals surface area contributed by atoms with E-state index in [0.717, 1.165) is 28.7 Å². The molecule has 1 saturated heterocycles. The Balaban J connectivity index is 1.27. The van der Waals surface area contributed by atoms with E-state index in [-0.39, 0.29) is 25.0 Å². The average Bonchev–Trinajstić information content (AvgIpc) is 3.18. The molecule has 5 rings (SSSR count). The van der Waals surface area contributed by atoms with Crippen LogP contribution in [0.4, 0.5) is 4.79 Å². The van der Waals surface area contributed by atoms with Gasteiger partial charge in [0.25, 0.3) is 0 Å². The van der Waals surface area contributed by atoms with Crippen LogP contribution in [0.15, 0.2) is 48.5 Å². The Labute approximate surface area is 204 Å². The number of carbonyl (C=O) groups excluding carboxylic acids is 2. The van der Waals surface area contributed by atoms with Gasteiger partial charge in [-0.25, -0.2) is 9.59 Å². The van der Waals surface area contributed by atoms with E-state index in [4.69, 9.17) is 9.47 Å². The van der Waals surface area contributed by atoms with Gasteiger partial charge in [-0.3, -0.25) is 4.79 Å². The molecule has 0 radical (unpaired) electrons.